The van der Waals surface area contributed by atoms with E-state index in [1.807, 2.05) is 6.92 Å². The van der Waals surface area contributed by atoms with Crippen LogP contribution in [-0.2, 0) is 14.3 Å². The second kappa shape index (κ2) is 2.72. The average Bonchev–Trinajstić information content (AvgIpc) is 2.10. The summed E-state index contributed by atoms with van der Waals surface area (Å²) >= 11 is 0. The predicted octanol–water partition coefficient (Wildman–Crippen LogP) is 1.85. The van der Waals surface area contributed by atoms with Crippen molar-refractivity contribution in [3.8, 4) is 0 Å². The zero-order valence-electron chi connectivity index (χ0n) is 8.49. The van der Waals surface area contributed by atoms with Crippen molar-refractivity contribution in [3.63, 3.8) is 0 Å². The number of hydrogen-bond donors (Lipinski definition) is 0. The molecule has 0 aromatic heterocycles. The molecule has 0 aromatic rings. The number of carbonyl (C=O) groups excluding carboxylic acids is 1. The smallest absolute Gasteiger partial charge is 0.314 e. The summed E-state index contributed by atoms with van der Waals surface area (Å²) in [5.41, 5.74) is 0. The van der Waals surface area contributed by atoms with Gasteiger partial charge in [0.1, 0.15) is 0 Å². The Balaban J connectivity index is 1.87. The van der Waals surface area contributed by atoms with Gasteiger partial charge in [-0.15, -0.1) is 0 Å². The first-order valence-electron chi connectivity index (χ1n) is 5.59. The molecule has 0 amide bonds. The maximum Gasteiger partial charge on any atom is 0.314 e. The Morgan fingerprint density at radius 3 is 3.14 bits per heavy atom. The zero-order valence-corrected chi connectivity index (χ0v) is 8.49. The summed E-state index contributed by atoms with van der Waals surface area (Å²) in [5.74, 6) is 0.0256. The molecule has 0 aromatic carbocycles. The number of esters is 1. The highest BCUT2D eigenvalue weighted by molar-refractivity contribution is 5.75. The Kier molecular flexibility index (Phi) is 1.69. The van der Waals surface area contributed by atoms with E-state index in [4.69, 9.17) is 9.47 Å². The fourth-order valence-corrected chi connectivity index (χ4v) is 2.98. The van der Waals surface area contributed by atoms with E-state index in [1.54, 1.807) is 0 Å². The first kappa shape index (κ1) is 8.72. The molecule has 1 aliphatic carbocycles. The topological polar surface area (TPSA) is 35.5 Å². The second-order valence-corrected chi connectivity index (χ2v) is 4.99. The first-order chi connectivity index (χ1) is 6.68. The molecular weight excluding hydrogens is 180 g/mol. The van der Waals surface area contributed by atoms with E-state index in [9.17, 15) is 4.79 Å². The number of rotatable bonds is 0. The minimum absolute atomic E-state index is 0.0260. The van der Waals surface area contributed by atoms with E-state index in [1.165, 1.54) is 12.8 Å². The quantitative estimate of drug-likeness (QED) is 0.555. The van der Waals surface area contributed by atoms with Gasteiger partial charge in [0.05, 0.1) is 12.0 Å². The van der Waals surface area contributed by atoms with Crippen LogP contribution in [0.5, 0.6) is 0 Å². The molecule has 1 saturated carbocycles. The van der Waals surface area contributed by atoms with E-state index in [-0.39, 0.29) is 18.0 Å². The minimum atomic E-state index is -0.614. The highest BCUT2D eigenvalue weighted by Gasteiger charge is 2.55. The molecule has 3 nitrogen and oxygen atoms in total. The predicted molar refractivity (Wildman–Crippen MR) is 49.4 cm³/mol. The Bertz CT molecular complexity index is 276. The van der Waals surface area contributed by atoms with Gasteiger partial charge in [0, 0.05) is 13.3 Å². The third-order valence-corrected chi connectivity index (χ3v) is 3.88. The molecule has 3 rings (SSSR count). The van der Waals surface area contributed by atoms with Gasteiger partial charge < -0.3 is 9.47 Å². The van der Waals surface area contributed by atoms with Crippen molar-refractivity contribution in [2.75, 3.05) is 0 Å². The Hall–Kier alpha value is -0.570. The van der Waals surface area contributed by atoms with Crippen molar-refractivity contribution < 1.29 is 14.3 Å². The lowest BCUT2D eigenvalue weighted by Gasteiger charge is -2.52. The van der Waals surface area contributed by atoms with Gasteiger partial charge >= 0.3 is 5.97 Å². The second-order valence-electron chi connectivity index (χ2n) is 4.99. The monoisotopic (exact) mass is 196 g/mol. The van der Waals surface area contributed by atoms with Crippen LogP contribution in [-0.4, -0.2) is 17.9 Å². The zero-order chi connectivity index (χ0) is 9.76. The molecule has 3 fully saturated rings. The lowest BCUT2D eigenvalue weighted by molar-refractivity contribution is -0.316. The van der Waals surface area contributed by atoms with Gasteiger partial charge in [0.2, 0.25) is 5.79 Å². The van der Waals surface area contributed by atoms with Gasteiger partial charge in [0.15, 0.2) is 0 Å². The largest absolute Gasteiger partial charge is 0.433 e. The molecular formula is C11H16O3. The van der Waals surface area contributed by atoms with Crippen molar-refractivity contribution in [2.24, 2.45) is 11.8 Å². The normalized spacial score (nSPS) is 51.2. The summed E-state index contributed by atoms with van der Waals surface area (Å²) in [5, 5.41) is 0. The Morgan fingerprint density at radius 1 is 1.43 bits per heavy atom. The van der Waals surface area contributed by atoms with Crippen LogP contribution in [0.3, 0.4) is 0 Å². The fraction of sp³-hybridized carbons (Fsp3) is 0.909. The molecule has 0 radical (unpaired) electrons. The molecule has 14 heavy (non-hydrogen) atoms. The van der Waals surface area contributed by atoms with E-state index in [0.29, 0.717) is 5.92 Å². The van der Waals surface area contributed by atoms with Crippen LogP contribution in [0.25, 0.3) is 0 Å². The Labute approximate surface area is 83.8 Å². The lowest BCUT2D eigenvalue weighted by Crippen LogP contribution is -2.59. The third kappa shape index (κ3) is 1.11. The maximum atomic E-state index is 11.6. The summed E-state index contributed by atoms with van der Waals surface area (Å²) in [6.45, 7) is 1.90. The van der Waals surface area contributed by atoms with Crippen molar-refractivity contribution in [3.05, 3.63) is 0 Å². The number of ether oxygens (including phenoxy) is 2. The summed E-state index contributed by atoms with van der Waals surface area (Å²) in [7, 11) is 0. The van der Waals surface area contributed by atoms with Crippen molar-refractivity contribution >= 4 is 5.97 Å². The number of fused-ring (bicyclic) bond motifs is 1. The fourth-order valence-electron chi connectivity index (χ4n) is 2.98. The van der Waals surface area contributed by atoms with E-state index in [0.717, 1.165) is 19.3 Å². The van der Waals surface area contributed by atoms with Crippen LogP contribution >= 0.6 is 0 Å². The summed E-state index contributed by atoms with van der Waals surface area (Å²) in [6.07, 6.45) is 5.60. The molecule has 0 unspecified atom stereocenters. The average molecular weight is 196 g/mol. The summed E-state index contributed by atoms with van der Waals surface area (Å²) < 4.78 is 11.3. The van der Waals surface area contributed by atoms with E-state index >= 15 is 0 Å². The highest BCUT2D eigenvalue weighted by atomic mass is 16.7. The van der Waals surface area contributed by atoms with Crippen molar-refractivity contribution in [2.45, 2.75) is 50.9 Å². The third-order valence-electron chi connectivity index (χ3n) is 3.88. The number of hydrogen-bond acceptors (Lipinski definition) is 3. The lowest BCUT2D eigenvalue weighted by atomic mass is 9.68. The van der Waals surface area contributed by atoms with Crippen LogP contribution in [0.2, 0.25) is 0 Å². The molecule has 0 N–H and O–H groups in total. The van der Waals surface area contributed by atoms with Gasteiger partial charge in [0.25, 0.3) is 0 Å². The molecule has 2 saturated heterocycles. The molecule has 78 valence electrons. The molecule has 2 aliphatic heterocycles. The van der Waals surface area contributed by atoms with Gasteiger partial charge in [-0.25, -0.2) is 0 Å². The molecule has 3 heteroatoms. The van der Waals surface area contributed by atoms with Crippen LogP contribution in [0, 0.1) is 11.8 Å². The molecule has 2 heterocycles. The van der Waals surface area contributed by atoms with Crippen LogP contribution in [0.15, 0.2) is 0 Å². The summed E-state index contributed by atoms with van der Waals surface area (Å²) in [6, 6.07) is 0. The molecule has 3 aliphatic rings. The van der Waals surface area contributed by atoms with Gasteiger partial charge in [-0.05, 0) is 25.2 Å². The summed E-state index contributed by atoms with van der Waals surface area (Å²) in [4.78, 5) is 11.6. The Morgan fingerprint density at radius 2 is 2.29 bits per heavy atom. The van der Waals surface area contributed by atoms with E-state index < -0.39 is 5.79 Å². The molecule has 0 spiro atoms. The molecule has 4 atom stereocenters. The standard InChI is InChI=1S/C11H16O3/c1-11-5-3-2-4-7-6-8(9(7)13-11)10(12)14-11/h7-9H,2-6H2,1H3/t7-,8+,9-,11-/m1/s1. The van der Waals surface area contributed by atoms with Crippen LogP contribution in [0.4, 0.5) is 0 Å². The maximum absolute atomic E-state index is 11.6. The van der Waals surface area contributed by atoms with Crippen molar-refractivity contribution in [1.29, 1.82) is 0 Å². The number of carbonyl (C=O) groups is 1. The van der Waals surface area contributed by atoms with E-state index in [2.05, 4.69) is 0 Å². The minimum Gasteiger partial charge on any atom is -0.433 e. The SMILES string of the molecule is C[C@]12CCCC[C@@H]3C[C@H](C(=O)O1)[C@@H]3O2. The first-order valence-corrected chi connectivity index (χ1v) is 5.59. The van der Waals surface area contributed by atoms with Crippen LogP contribution < -0.4 is 0 Å². The highest BCUT2D eigenvalue weighted by Crippen LogP contribution is 2.48. The van der Waals surface area contributed by atoms with Gasteiger partial charge in [-0.2, -0.15) is 0 Å². The van der Waals surface area contributed by atoms with Gasteiger partial charge in [-0.1, -0.05) is 6.42 Å². The van der Waals surface area contributed by atoms with Crippen molar-refractivity contribution in [1.82, 2.24) is 0 Å². The molecule has 2 bridgehead atoms. The van der Waals surface area contributed by atoms with Crippen LogP contribution in [0.1, 0.15) is 39.0 Å². The van der Waals surface area contributed by atoms with Gasteiger partial charge in [-0.3, -0.25) is 4.79 Å².